The molecule has 2 unspecified atom stereocenters. The maximum atomic E-state index is 15.3. The molecule has 0 bridgehead atoms. The van der Waals surface area contributed by atoms with Gasteiger partial charge in [0.15, 0.2) is 0 Å². The summed E-state index contributed by atoms with van der Waals surface area (Å²) in [4.78, 5) is 14.3. The summed E-state index contributed by atoms with van der Waals surface area (Å²) in [6.45, 7) is 3.09. The minimum atomic E-state index is -1.64. The number of hydrogen-bond acceptors (Lipinski definition) is 3. The fourth-order valence-corrected chi connectivity index (χ4v) is 4.57. The lowest BCUT2D eigenvalue weighted by molar-refractivity contribution is -0.149. The van der Waals surface area contributed by atoms with Gasteiger partial charge in [-0.25, -0.2) is 17.6 Å². The zero-order chi connectivity index (χ0) is 22.7. The molecule has 4 rings (SSSR count). The fraction of sp³-hybridized carbons (Fsp3) is 0.435. The van der Waals surface area contributed by atoms with E-state index >= 15 is 4.39 Å². The molecule has 2 aliphatic rings. The Labute approximate surface area is 177 Å². The van der Waals surface area contributed by atoms with Crippen LogP contribution in [0.5, 0.6) is 0 Å². The number of nitrogens with two attached hydrogens (primary N) is 1. The van der Waals surface area contributed by atoms with Gasteiger partial charge in [0.05, 0.1) is 6.04 Å². The molecule has 2 atom stereocenters. The van der Waals surface area contributed by atoms with Gasteiger partial charge in [0, 0.05) is 29.6 Å². The van der Waals surface area contributed by atoms with Crippen molar-refractivity contribution in [2.24, 2.45) is 11.1 Å². The maximum absolute atomic E-state index is 15.3. The average Bonchev–Trinajstić information content (AvgIpc) is 3.39. The topological polar surface area (TPSA) is 66.6 Å². The molecule has 8 heteroatoms. The third-order valence-corrected chi connectivity index (χ3v) is 6.40. The molecular weight excluding hydrogens is 412 g/mol. The molecule has 0 aromatic heterocycles. The van der Waals surface area contributed by atoms with Crippen molar-refractivity contribution in [2.45, 2.75) is 50.8 Å². The zero-order valence-electron chi connectivity index (χ0n) is 17.3. The van der Waals surface area contributed by atoms with Crippen LogP contribution in [0, 0.1) is 28.7 Å². The molecule has 2 aromatic carbocycles. The Kier molecular flexibility index (Phi) is 5.13. The van der Waals surface area contributed by atoms with Crippen LogP contribution in [-0.4, -0.2) is 40.1 Å². The number of likely N-dealkylation sites (tertiary alicyclic amines) is 1. The van der Waals surface area contributed by atoms with Crippen molar-refractivity contribution in [3.8, 4) is 11.1 Å². The van der Waals surface area contributed by atoms with E-state index in [2.05, 4.69) is 0 Å². The largest absolute Gasteiger partial charge is 0.381 e. The van der Waals surface area contributed by atoms with Crippen LogP contribution in [0.3, 0.4) is 0 Å². The van der Waals surface area contributed by atoms with Crippen molar-refractivity contribution in [1.29, 1.82) is 0 Å². The van der Waals surface area contributed by atoms with Gasteiger partial charge in [-0.15, -0.1) is 0 Å². The SMILES string of the molecule is CC(C)(O)C(=O)N1CC2(CC2)C(N)C1Cc1cc(F)cc(-c2cc(F)cc(F)c2)c1F. The Morgan fingerprint density at radius 3 is 2.23 bits per heavy atom. The first-order chi connectivity index (χ1) is 14.4. The van der Waals surface area contributed by atoms with Crippen LogP contribution < -0.4 is 5.73 Å². The van der Waals surface area contributed by atoms with Crippen LogP contribution in [0.1, 0.15) is 32.3 Å². The summed E-state index contributed by atoms with van der Waals surface area (Å²) in [6, 6.07) is 3.28. The first kappa shape index (κ1) is 21.8. The molecule has 1 saturated carbocycles. The number of aliphatic hydroxyl groups is 1. The second-order valence-corrected chi connectivity index (χ2v) is 9.24. The molecule has 1 heterocycles. The highest BCUT2D eigenvalue weighted by Crippen LogP contribution is 2.54. The van der Waals surface area contributed by atoms with E-state index in [9.17, 15) is 23.1 Å². The summed E-state index contributed by atoms with van der Waals surface area (Å²) in [5.74, 6) is -3.94. The fourth-order valence-electron chi connectivity index (χ4n) is 4.57. The molecule has 2 fully saturated rings. The molecule has 1 amide bonds. The van der Waals surface area contributed by atoms with Gasteiger partial charge in [0.1, 0.15) is 28.9 Å². The molecule has 1 aliphatic heterocycles. The molecule has 1 aliphatic carbocycles. The van der Waals surface area contributed by atoms with Crippen molar-refractivity contribution in [3.05, 3.63) is 59.2 Å². The van der Waals surface area contributed by atoms with Crippen molar-refractivity contribution in [1.82, 2.24) is 4.90 Å². The molecular formula is C23H24F4N2O2. The van der Waals surface area contributed by atoms with E-state index in [1.165, 1.54) is 18.7 Å². The Bertz CT molecular complexity index is 1030. The lowest BCUT2D eigenvalue weighted by atomic mass is 9.91. The highest BCUT2D eigenvalue weighted by Gasteiger charge is 2.59. The van der Waals surface area contributed by atoms with Gasteiger partial charge in [0.25, 0.3) is 5.91 Å². The van der Waals surface area contributed by atoms with Crippen molar-refractivity contribution in [2.75, 3.05) is 6.54 Å². The number of rotatable bonds is 4. The van der Waals surface area contributed by atoms with E-state index in [4.69, 9.17) is 5.73 Å². The molecule has 2 aromatic rings. The minimum Gasteiger partial charge on any atom is -0.381 e. The second-order valence-electron chi connectivity index (χ2n) is 9.24. The van der Waals surface area contributed by atoms with Crippen LogP contribution in [0.2, 0.25) is 0 Å². The average molecular weight is 436 g/mol. The molecule has 3 N–H and O–H groups in total. The van der Waals surface area contributed by atoms with Crippen LogP contribution >= 0.6 is 0 Å². The minimum absolute atomic E-state index is 0.0497. The lowest BCUT2D eigenvalue weighted by Gasteiger charge is -2.31. The number of hydrogen-bond donors (Lipinski definition) is 2. The molecule has 166 valence electrons. The summed E-state index contributed by atoms with van der Waals surface area (Å²) >= 11 is 0. The van der Waals surface area contributed by atoms with E-state index in [0.29, 0.717) is 12.6 Å². The highest BCUT2D eigenvalue weighted by atomic mass is 19.1. The van der Waals surface area contributed by atoms with Gasteiger partial charge in [-0.05, 0) is 68.5 Å². The number of benzene rings is 2. The summed E-state index contributed by atoms with van der Waals surface area (Å²) in [6.07, 6.45) is 1.55. The standard InChI is InChI=1S/C23H24F4N2O2/c1-22(2,31)21(30)29-11-23(3-4-23)20(28)18(29)8-13-7-16(26)10-17(19(13)27)12-5-14(24)9-15(25)6-12/h5-7,9-10,18,20,31H,3-4,8,11,28H2,1-2H3. The number of carbonyl (C=O) groups excluding carboxylic acids is 1. The molecule has 0 radical (unpaired) electrons. The van der Waals surface area contributed by atoms with E-state index < -0.39 is 46.9 Å². The van der Waals surface area contributed by atoms with Gasteiger partial charge < -0.3 is 15.7 Å². The molecule has 31 heavy (non-hydrogen) atoms. The maximum Gasteiger partial charge on any atom is 0.254 e. The zero-order valence-corrected chi connectivity index (χ0v) is 17.3. The van der Waals surface area contributed by atoms with E-state index in [1.807, 2.05) is 0 Å². The predicted molar refractivity (Wildman–Crippen MR) is 107 cm³/mol. The van der Waals surface area contributed by atoms with E-state index in [0.717, 1.165) is 37.1 Å². The summed E-state index contributed by atoms with van der Waals surface area (Å²) in [7, 11) is 0. The Morgan fingerprint density at radius 1 is 1.10 bits per heavy atom. The second kappa shape index (κ2) is 7.31. The van der Waals surface area contributed by atoms with Gasteiger partial charge in [-0.1, -0.05) is 0 Å². The Hall–Kier alpha value is -2.45. The third-order valence-electron chi connectivity index (χ3n) is 6.40. The molecule has 1 spiro atoms. The van der Waals surface area contributed by atoms with E-state index in [1.54, 1.807) is 0 Å². The van der Waals surface area contributed by atoms with Gasteiger partial charge >= 0.3 is 0 Å². The Morgan fingerprint density at radius 2 is 1.68 bits per heavy atom. The van der Waals surface area contributed by atoms with Gasteiger partial charge in [0.2, 0.25) is 0 Å². The quantitative estimate of drug-likeness (QED) is 0.721. The smallest absolute Gasteiger partial charge is 0.254 e. The molecule has 1 saturated heterocycles. The van der Waals surface area contributed by atoms with Crippen molar-refractivity contribution < 1.29 is 27.5 Å². The van der Waals surface area contributed by atoms with Crippen LogP contribution in [0.4, 0.5) is 17.6 Å². The van der Waals surface area contributed by atoms with Gasteiger partial charge in [-0.2, -0.15) is 0 Å². The third kappa shape index (κ3) is 3.94. The van der Waals surface area contributed by atoms with Crippen LogP contribution in [-0.2, 0) is 11.2 Å². The van der Waals surface area contributed by atoms with Crippen LogP contribution in [0.25, 0.3) is 11.1 Å². The van der Waals surface area contributed by atoms with Crippen molar-refractivity contribution >= 4 is 5.91 Å². The number of amides is 1. The normalized spacial score (nSPS) is 22.3. The number of nitrogens with zero attached hydrogens (tertiary/aromatic N) is 1. The predicted octanol–water partition coefficient (Wildman–Crippen LogP) is 3.54. The highest BCUT2D eigenvalue weighted by molar-refractivity contribution is 5.85. The Balaban J connectivity index is 1.73. The van der Waals surface area contributed by atoms with Gasteiger partial charge in [-0.3, -0.25) is 4.79 Å². The van der Waals surface area contributed by atoms with Crippen molar-refractivity contribution in [3.63, 3.8) is 0 Å². The van der Waals surface area contributed by atoms with Crippen LogP contribution in [0.15, 0.2) is 30.3 Å². The monoisotopic (exact) mass is 436 g/mol. The first-order valence-electron chi connectivity index (χ1n) is 10.1. The van der Waals surface area contributed by atoms with E-state index in [-0.39, 0.29) is 28.5 Å². The number of carbonyl (C=O) groups is 1. The number of halogens is 4. The molecule has 4 nitrogen and oxygen atoms in total. The summed E-state index contributed by atoms with van der Waals surface area (Å²) in [5, 5.41) is 10.2. The summed E-state index contributed by atoms with van der Waals surface area (Å²) in [5.41, 5.74) is 4.06. The summed E-state index contributed by atoms with van der Waals surface area (Å²) < 4.78 is 57.0. The lowest BCUT2D eigenvalue weighted by Crippen LogP contribution is -2.51. The first-order valence-corrected chi connectivity index (χ1v) is 10.1.